The average Bonchev–Trinajstić information content (AvgIpc) is 2.26. The van der Waals surface area contributed by atoms with Crippen LogP contribution < -0.4 is 0 Å². The van der Waals surface area contributed by atoms with Gasteiger partial charge in [-0.3, -0.25) is 4.98 Å². The van der Waals surface area contributed by atoms with Gasteiger partial charge in [-0.2, -0.15) is 0 Å². The largest absolute Gasteiger partial charge is 0.302 e. The number of benzene rings is 1. The second kappa shape index (κ2) is 4.19. The minimum atomic E-state index is 0.424. The fourth-order valence-corrected chi connectivity index (χ4v) is 1.66. The summed E-state index contributed by atoms with van der Waals surface area (Å²) in [5.74, 6) is 0.424. The van der Waals surface area contributed by atoms with Crippen LogP contribution in [0.4, 0.5) is 0 Å². The highest BCUT2D eigenvalue weighted by molar-refractivity contribution is 7.99. The van der Waals surface area contributed by atoms with Gasteiger partial charge in [0.2, 0.25) is 0 Å². The molecular weight excluding hydrogens is 196 g/mol. The van der Waals surface area contributed by atoms with Gasteiger partial charge in [0, 0.05) is 0 Å². The van der Waals surface area contributed by atoms with E-state index in [0.29, 0.717) is 5.75 Å². The van der Waals surface area contributed by atoms with Crippen LogP contribution in [0, 0.1) is 0 Å². The number of hydrogen-bond donors (Lipinski definition) is 0. The van der Waals surface area contributed by atoms with Crippen molar-refractivity contribution in [1.82, 2.24) is 9.97 Å². The third kappa shape index (κ3) is 1.90. The van der Waals surface area contributed by atoms with Gasteiger partial charge >= 0.3 is 0 Å². The van der Waals surface area contributed by atoms with Crippen molar-refractivity contribution in [3.8, 4) is 0 Å². The average molecular weight is 204 g/mol. The number of carbonyl (C=O) groups is 1. The number of rotatable bonds is 3. The molecule has 0 unspecified atom stereocenters. The molecule has 0 spiro atoms. The van der Waals surface area contributed by atoms with Crippen LogP contribution in [0.5, 0.6) is 0 Å². The van der Waals surface area contributed by atoms with Crippen LogP contribution >= 0.6 is 11.8 Å². The van der Waals surface area contributed by atoms with E-state index in [9.17, 15) is 4.79 Å². The molecule has 1 aromatic carbocycles. The Morgan fingerprint density at radius 2 is 2.07 bits per heavy atom. The van der Waals surface area contributed by atoms with Gasteiger partial charge in [0.05, 0.1) is 23.0 Å². The Balaban J connectivity index is 2.36. The van der Waals surface area contributed by atoms with Crippen molar-refractivity contribution in [1.29, 1.82) is 0 Å². The predicted molar refractivity (Wildman–Crippen MR) is 56.3 cm³/mol. The molecule has 14 heavy (non-hydrogen) atoms. The maximum absolute atomic E-state index is 10.2. The normalized spacial score (nSPS) is 10.3. The SMILES string of the molecule is O=CCSc1cnc2ccccc2n1. The predicted octanol–water partition coefficient (Wildman–Crippen LogP) is 1.92. The third-order valence-corrected chi connectivity index (χ3v) is 2.52. The summed E-state index contributed by atoms with van der Waals surface area (Å²) in [6.07, 6.45) is 2.55. The lowest BCUT2D eigenvalue weighted by atomic mass is 10.3. The molecule has 0 saturated carbocycles. The lowest BCUT2D eigenvalue weighted by molar-refractivity contribution is -0.105. The summed E-state index contributed by atoms with van der Waals surface area (Å²) in [4.78, 5) is 18.8. The second-order valence-corrected chi connectivity index (χ2v) is 3.71. The van der Waals surface area contributed by atoms with E-state index in [1.54, 1.807) is 6.20 Å². The summed E-state index contributed by atoms with van der Waals surface area (Å²) < 4.78 is 0. The maximum atomic E-state index is 10.2. The topological polar surface area (TPSA) is 42.9 Å². The molecule has 0 aliphatic heterocycles. The van der Waals surface area contributed by atoms with Gasteiger partial charge in [-0.25, -0.2) is 4.98 Å². The van der Waals surface area contributed by atoms with Crippen LogP contribution in [0.1, 0.15) is 0 Å². The molecule has 0 aliphatic rings. The minimum absolute atomic E-state index is 0.424. The molecule has 0 fully saturated rings. The number of hydrogen-bond acceptors (Lipinski definition) is 4. The van der Waals surface area contributed by atoms with E-state index in [4.69, 9.17) is 0 Å². The highest BCUT2D eigenvalue weighted by Gasteiger charge is 1.98. The zero-order valence-corrected chi connectivity index (χ0v) is 8.20. The first kappa shape index (κ1) is 9.15. The third-order valence-electron chi connectivity index (χ3n) is 1.73. The molecule has 0 atom stereocenters. The van der Waals surface area contributed by atoms with E-state index in [1.807, 2.05) is 24.3 Å². The summed E-state index contributed by atoms with van der Waals surface area (Å²) in [5.41, 5.74) is 1.74. The molecule has 4 heteroatoms. The van der Waals surface area contributed by atoms with Gasteiger partial charge in [0.15, 0.2) is 0 Å². The van der Waals surface area contributed by atoms with Crippen molar-refractivity contribution in [2.75, 3.05) is 5.75 Å². The number of nitrogens with zero attached hydrogens (tertiary/aromatic N) is 2. The van der Waals surface area contributed by atoms with Gasteiger partial charge in [0.25, 0.3) is 0 Å². The lowest BCUT2D eigenvalue weighted by Crippen LogP contribution is -1.87. The molecule has 2 aromatic rings. The second-order valence-electron chi connectivity index (χ2n) is 2.67. The Morgan fingerprint density at radius 3 is 2.86 bits per heavy atom. The summed E-state index contributed by atoms with van der Waals surface area (Å²) in [6.45, 7) is 0. The fraction of sp³-hybridized carbons (Fsp3) is 0.100. The Labute approximate surface area is 85.6 Å². The van der Waals surface area contributed by atoms with E-state index in [2.05, 4.69) is 9.97 Å². The molecule has 70 valence electrons. The molecule has 0 bridgehead atoms. The number of para-hydroxylation sites is 2. The number of thioether (sulfide) groups is 1. The van der Waals surface area contributed by atoms with E-state index < -0.39 is 0 Å². The van der Waals surface area contributed by atoms with Crippen LogP contribution in [-0.4, -0.2) is 22.0 Å². The highest BCUT2D eigenvalue weighted by atomic mass is 32.2. The first-order chi connectivity index (χ1) is 6.90. The summed E-state index contributed by atoms with van der Waals surface area (Å²) in [5, 5.41) is 0.788. The van der Waals surface area contributed by atoms with Crippen LogP contribution in [0.2, 0.25) is 0 Å². The molecule has 0 radical (unpaired) electrons. The van der Waals surface area contributed by atoms with Gasteiger partial charge in [-0.05, 0) is 12.1 Å². The molecular formula is C10H8N2OS. The smallest absolute Gasteiger partial charge is 0.130 e. The number of aromatic nitrogens is 2. The van der Waals surface area contributed by atoms with Crippen LogP contribution in [0.3, 0.4) is 0 Å². The first-order valence-corrected chi connectivity index (χ1v) is 5.17. The number of fused-ring (bicyclic) bond motifs is 1. The Hall–Kier alpha value is -1.42. The maximum Gasteiger partial charge on any atom is 0.130 e. The fourth-order valence-electron chi connectivity index (χ4n) is 1.13. The van der Waals surface area contributed by atoms with Crippen molar-refractivity contribution in [3.05, 3.63) is 30.5 Å². The van der Waals surface area contributed by atoms with E-state index >= 15 is 0 Å². The van der Waals surface area contributed by atoms with Crippen molar-refractivity contribution < 1.29 is 4.79 Å². The molecule has 1 heterocycles. The first-order valence-electron chi connectivity index (χ1n) is 4.18. The zero-order valence-electron chi connectivity index (χ0n) is 7.38. The molecule has 0 amide bonds. The Morgan fingerprint density at radius 1 is 1.29 bits per heavy atom. The molecule has 0 aliphatic carbocycles. The van der Waals surface area contributed by atoms with Crippen molar-refractivity contribution in [2.24, 2.45) is 0 Å². The Kier molecular flexibility index (Phi) is 2.74. The minimum Gasteiger partial charge on any atom is -0.302 e. The summed E-state index contributed by atoms with van der Waals surface area (Å²) in [7, 11) is 0. The van der Waals surface area contributed by atoms with Crippen LogP contribution in [0.25, 0.3) is 11.0 Å². The molecule has 3 nitrogen and oxygen atoms in total. The highest BCUT2D eigenvalue weighted by Crippen LogP contribution is 2.16. The molecule has 2 rings (SSSR count). The monoisotopic (exact) mass is 204 g/mol. The van der Waals surface area contributed by atoms with Crippen molar-refractivity contribution in [3.63, 3.8) is 0 Å². The van der Waals surface area contributed by atoms with Gasteiger partial charge in [0.1, 0.15) is 11.3 Å². The van der Waals surface area contributed by atoms with E-state index in [1.165, 1.54) is 11.8 Å². The van der Waals surface area contributed by atoms with Gasteiger partial charge in [-0.1, -0.05) is 23.9 Å². The quantitative estimate of drug-likeness (QED) is 0.566. The standard InChI is InChI=1S/C10H8N2OS/c13-5-6-14-10-7-11-8-3-1-2-4-9(8)12-10/h1-5,7H,6H2. The summed E-state index contributed by atoms with van der Waals surface area (Å²) in [6, 6.07) is 7.67. The van der Waals surface area contributed by atoms with Crippen molar-refractivity contribution >= 4 is 29.1 Å². The molecule has 1 aromatic heterocycles. The van der Waals surface area contributed by atoms with Gasteiger partial charge < -0.3 is 4.79 Å². The van der Waals surface area contributed by atoms with E-state index in [-0.39, 0.29) is 0 Å². The lowest BCUT2D eigenvalue weighted by Gasteiger charge is -1.98. The van der Waals surface area contributed by atoms with Crippen molar-refractivity contribution in [2.45, 2.75) is 5.03 Å². The van der Waals surface area contributed by atoms with Crippen LogP contribution in [0.15, 0.2) is 35.5 Å². The van der Waals surface area contributed by atoms with Crippen LogP contribution in [-0.2, 0) is 4.79 Å². The number of carbonyl (C=O) groups excluding carboxylic acids is 1. The van der Waals surface area contributed by atoms with E-state index in [0.717, 1.165) is 22.3 Å². The molecule has 0 N–H and O–H groups in total. The van der Waals surface area contributed by atoms with Gasteiger partial charge in [-0.15, -0.1) is 0 Å². The molecule has 0 saturated heterocycles. The Bertz CT molecular complexity index is 459. The zero-order chi connectivity index (χ0) is 9.80. The summed E-state index contributed by atoms with van der Waals surface area (Å²) >= 11 is 1.39. The number of aldehydes is 1.